The molecule has 0 nitrogen and oxygen atoms in total. The largest absolute Gasteiger partial charge is 0.105 e. The maximum absolute atomic E-state index is 3.30. The Morgan fingerprint density at radius 1 is 0.917 bits per heavy atom. The quantitative estimate of drug-likeness (QED) is 0.470. The lowest BCUT2D eigenvalue weighted by atomic mass is 10.2. The summed E-state index contributed by atoms with van der Waals surface area (Å²) < 4.78 is 0. The van der Waals surface area contributed by atoms with Gasteiger partial charge in [-0.2, -0.15) is 0 Å². The van der Waals surface area contributed by atoms with Crippen LogP contribution in [0.4, 0.5) is 0 Å². The maximum atomic E-state index is 3.30. The van der Waals surface area contributed by atoms with Gasteiger partial charge in [-0.1, -0.05) is 18.2 Å². The molecule has 0 fully saturated rings. The van der Waals surface area contributed by atoms with Crippen LogP contribution in [0.5, 0.6) is 0 Å². The van der Waals surface area contributed by atoms with E-state index in [0.29, 0.717) is 0 Å². The molecule has 0 atom stereocenters. The minimum atomic E-state index is 1.14. The third-order valence-corrected chi connectivity index (χ3v) is 1.86. The monoisotopic (exact) mass is 154 g/mol. The second kappa shape index (κ2) is 2.84. The van der Waals surface area contributed by atoms with Crippen molar-refractivity contribution in [2.75, 3.05) is 0 Å². The molecule has 0 aliphatic heterocycles. The average molecular weight is 154 g/mol. The lowest BCUT2D eigenvalue weighted by Gasteiger charge is -1.89. The molecule has 0 radical (unpaired) electrons. The third-order valence-electron chi connectivity index (χ3n) is 1.86. The molecule has 12 heavy (non-hydrogen) atoms. The Bertz CT molecular complexity index is 378. The van der Waals surface area contributed by atoms with E-state index in [1.165, 1.54) is 5.57 Å². The predicted octanol–water partition coefficient (Wildman–Crippen LogP) is 3.08. The minimum absolute atomic E-state index is 1.14. The Kier molecular flexibility index (Phi) is 1.69. The lowest BCUT2D eigenvalue weighted by molar-refractivity contribution is 1.50. The summed E-state index contributed by atoms with van der Waals surface area (Å²) in [7, 11) is 0. The van der Waals surface area contributed by atoms with E-state index in [9.17, 15) is 0 Å². The van der Waals surface area contributed by atoms with Gasteiger partial charge < -0.3 is 0 Å². The smallest absolute Gasteiger partial charge is 0.0173 e. The highest BCUT2D eigenvalue weighted by atomic mass is 14.0. The predicted molar refractivity (Wildman–Crippen MR) is 51.7 cm³/mol. The van der Waals surface area contributed by atoms with E-state index in [-0.39, 0.29) is 0 Å². The zero-order chi connectivity index (χ0) is 8.39. The first kappa shape index (κ1) is 7.15. The number of hydrogen-bond acceptors (Lipinski definition) is 0. The molecule has 0 heteroatoms. The van der Waals surface area contributed by atoms with Gasteiger partial charge in [-0.3, -0.25) is 0 Å². The van der Waals surface area contributed by atoms with E-state index in [4.69, 9.17) is 0 Å². The summed E-state index contributed by atoms with van der Waals surface area (Å²) in [5.41, 5.74) is 6.87. The van der Waals surface area contributed by atoms with Crippen LogP contribution in [0.2, 0.25) is 0 Å². The molecule has 0 saturated carbocycles. The molecule has 0 unspecified atom stereocenters. The zero-order valence-electron chi connectivity index (χ0n) is 7.04. The number of hydrogen-bond donors (Lipinski definition) is 0. The molecule has 0 amide bonds. The molecule has 0 aromatic carbocycles. The van der Waals surface area contributed by atoms with E-state index >= 15 is 0 Å². The van der Waals surface area contributed by atoms with E-state index in [2.05, 4.69) is 43.0 Å². The van der Waals surface area contributed by atoms with Gasteiger partial charge in [0.05, 0.1) is 0 Å². The molecule has 2 aliphatic rings. The van der Waals surface area contributed by atoms with Crippen LogP contribution in [0.25, 0.3) is 0 Å². The van der Waals surface area contributed by atoms with Gasteiger partial charge in [0.1, 0.15) is 0 Å². The van der Waals surface area contributed by atoms with Crippen LogP contribution in [0.15, 0.2) is 65.0 Å². The van der Waals surface area contributed by atoms with E-state index < -0.39 is 0 Å². The van der Waals surface area contributed by atoms with Crippen LogP contribution < -0.4 is 0 Å². The first-order valence-corrected chi connectivity index (χ1v) is 4.07. The lowest BCUT2D eigenvalue weighted by Crippen LogP contribution is -1.70. The van der Waals surface area contributed by atoms with Gasteiger partial charge in [0, 0.05) is 11.1 Å². The molecule has 0 spiro atoms. The van der Waals surface area contributed by atoms with Gasteiger partial charge in [0.2, 0.25) is 0 Å². The van der Waals surface area contributed by atoms with Crippen molar-refractivity contribution in [2.45, 2.75) is 6.92 Å². The fourth-order valence-corrected chi connectivity index (χ4v) is 1.26. The highest BCUT2D eigenvalue weighted by molar-refractivity contribution is 5.48. The van der Waals surface area contributed by atoms with E-state index in [1.807, 2.05) is 12.2 Å². The fourth-order valence-electron chi connectivity index (χ4n) is 1.26. The minimum Gasteiger partial charge on any atom is -0.105 e. The second-order valence-electron chi connectivity index (χ2n) is 2.98. The highest BCUT2D eigenvalue weighted by Crippen LogP contribution is 2.14. The molecule has 0 heterocycles. The standard InChI is InChI=1S/C12H10/c1-10-6-7-11-4-2-3-5-12(8-10)9-11/h2-8H,1H3. The summed E-state index contributed by atoms with van der Waals surface area (Å²) in [4.78, 5) is 0. The molecule has 0 saturated heterocycles. The van der Waals surface area contributed by atoms with Crippen molar-refractivity contribution in [1.82, 2.24) is 0 Å². The van der Waals surface area contributed by atoms with Gasteiger partial charge >= 0.3 is 0 Å². The van der Waals surface area contributed by atoms with E-state index in [1.54, 1.807) is 0 Å². The maximum Gasteiger partial charge on any atom is 0.0173 e. The van der Waals surface area contributed by atoms with Crippen LogP contribution in [-0.2, 0) is 0 Å². The Labute approximate surface area is 72.6 Å². The summed E-state index contributed by atoms with van der Waals surface area (Å²) in [6.07, 6.45) is 14.5. The molecule has 0 N–H and O–H groups in total. The van der Waals surface area contributed by atoms with Crippen LogP contribution in [0.3, 0.4) is 0 Å². The summed E-state index contributed by atoms with van der Waals surface area (Å²) in [5, 5.41) is 0. The van der Waals surface area contributed by atoms with Crippen LogP contribution in [0.1, 0.15) is 6.92 Å². The molecule has 0 aromatic heterocycles. The van der Waals surface area contributed by atoms with Crippen LogP contribution in [-0.4, -0.2) is 0 Å². The van der Waals surface area contributed by atoms with Crippen molar-refractivity contribution in [3.8, 4) is 0 Å². The Hall–Kier alpha value is -1.52. The Morgan fingerprint density at radius 2 is 1.67 bits per heavy atom. The van der Waals surface area contributed by atoms with Crippen molar-refractivity contribution >= 4 is 0 Å². The van der Waals surface area contributed by atoms with Gasteiger partial charge in [0.25, 0.3) is 0 Å². The van der Waals surface area contributed by atoms with Gasteiger partial charge in [-0.05, 0) is 36.8 Å². The zero-order valence-corrected chi connectivity index (χ0v) is 7.04. The average Bonchev–Trinajstić information content (AvgIpc) is 2.35. The molecule has 2 rings (SSSR count). The van der Waals surface area contributed by atoms with Crippen molar-refractivity contribution in [2.24, 2.45) is 0 Å². The molecule has 58 valence electrons. The highest BCUT2D eigenvalue weighted by Gasteiger charge is 1.95. The molecule has 2 aliphatic carbocycles. The summed E-state index contributed by atoms with van der Waals surface area (Å²) in [6.45, 7) is 2.10. The van der Waals surface area contributed by atoms with Crippen molar-refractivity contribution in [1.29, 1.82) is 0 Å². The SMILES string of the molecule is CC1=CC2=C=C(C=CC=C2)C=C1. The summed E-state index contributed by atoms with van der Waals surface area (Å²) in [6, 6.07) is 0. The van der Waals surface area contributed by atoms with Crippen molar-refractivity contribution < 1.29 is 0 Å². The van der Waals surface area contributed by atoms with Gasteiger partial charge in [-0.15, -0.1) is 5.73 Å². The summed E-state index contributed by atoms with van der Waals surface area (Å²) in [5.74, 6) is 0. The normalized spacial score (nSPS) is 19.2. The number of rotatable bonds is 0. The molecular formula is C12H10. The molecule has 0 aromatic rings. The molecule has 2 bridgehead atoms. The fraction of sp³-hybridized carbons (Fsp3) is 0.0833. The summed E-state index contributed by atoms with van der Waals surface area (Å²) >= 11 is 0. The van der Waals surface area contributed by atoms with Crippen LogP contribution >= 0.6 is 0 Å². The van der Waals surface area contributed by atoms with Crippen molar-refractivity contribution in [3.05, 3.63) is 65.0 Å². The topological polar surface area (TPSA) is 0 Å². The first-order chi connectivity index (χ1) is 5.84. The van der Waals surface area contributed by atoms with E-state index in [0.717, 1.165) is 11.1 Å². The first-order valence-electron chi connectivity index (χ1n) is 4.07. The molecular weight excluding hydrogens is 144 g/mol. The van der Waals surface area contributed by atoms with Gasteiger partial charge in [0.15, 0.2) is 0 Å². The Balaban J connectivity index is 2.56. The second-order valence-corrected chi connectivity index (χ2v) is 2.98. The van der Waals surface area contributed by atoms with Crippen molar-refractivity contribution in [3.63, 3.8) is 0 Å². The van der Waals surface area contributed by atoms with Crippen LogP contribution in [0, 0.1) is 0 Å². The van der Waals surface area contributed by atoms with Gasteiger partial charge in [-0.25, -0.2) is 0 Å². The Morgan fingerprint density at radius 3 is 2.50 bits per heavy atom. The number of allylic oxidation sites excluding steroid dienone is 9. The third kappa shape index (κ3) is 1.39.